The number of benzene rings is 1. The largest absolute Gasteiger partial charge is 0.416 e. The van der Waals surface area contributed by atoms with E-state index in [1.807, 2.05) is 0 Å². The smallest absolute Gasteiger partial charge is 0.345 e. The minimum absolute atomic E-state index is 0.0358. The van der Waals surface area contributed by atoms with Crippen molar-refractivity contribution in [1.82, 2.24) is 4.37 Å². The summed E-state index contributed by atoms with van der Waals surface area (Å²) in [4.78, 5) is 11.3. The lowest BCUT2D eigenvalue weighted by molar-refractivity contribution is -0.137. The second-order valence-corrected chi connectivity index (χ2v) is 4.73. The van der Waals surface area contributed by atoms with Crippen LogP contribution in [0, 0.1) is 23.7 Å². The Kier molecular flexibility index (Phi) is 3.74. The Morgan fingerprint density at radius 3 is 2.62 bits per heavy atom. The number of anilines is 2. The molecule has 0 radical (unpaired) electrons. The lowest BCUT2D eigenvalue weighted by Crippen LogP contribution is -2.07. The molecule has 0 aliphatic carbocycles. The highest BCUT2D eigenvalue weighted by Crippen LogP contribution is 2.33. The summed E-state index contributed by atoms with van der Waals surface area (Å²) in [6.45, 7) is 0. The Morgan fingerprint density at radius 2 is 2.05 bits per heavy atom. The summed E-state index contributed by atoms with van der Waals surface area (Å²) in [6.07, 6.45) is 0.584. The van der Waals surface area contributed by atoms with Crippen LogP contribution in [0.15, 0.2) is 23.0 Å². The van der Waals surface area contributed by atoms with Gasteiger partial charge in [0.25, 0.3) is 5.56 Å². The van der Waals surface area contributed by atoms with Crippen molar-refractivity contribution in [3.63, 3.8) is 0 Å². The highest BCUT2D eigenvalue weighted by atomic mass is 32.1. The topological polar surface area (TPSA) is 68.7 Å². The molecule has 1 aromatic carbocycles. The molecule has 0 aliphatic heterocycles. The molecule has 21 heavy (non-hydrogen) atoms. The van der Waals surface area contributed by atoms with Gasteiger partial charge in [-0.05, 0) is 29.7 Å². The highest BCUT2D eigenvalue weighted by molar-refractivity contribution is 7.10. The maximum Gasteiger partial charge on any atom is 0.416 e. The average Bonchev–Trinajstić information content (AvgIpc) is 2.77. The van der Waals surface area contributed by atoms with Gasteiger partial charge < -0.3 is 5.32 Å². The molecule has 2 aromatic rings. The number of H-pyrrole nitrogens is 1. The molecular weight excluding hydrogens is 303 g/mol. The van der Waals surface area contributed by atoms with Gasteiger partial charge in [-0.2, -0.15) is 18.4 Å². The number of hydrogen-bond acceptors (Lipinski definition) is 4. The number of aromatic nitrogens is 1. The van der Waals surface area contributed by atoms with E-state index >= 15 is 0 Å². The summed E-state index contributed by atoms with van der Waals surface area (Å²) in [5.74, 6) is 2.13. The van der Waals surface area contributed by atoms with E-state index in [4.69, 9.17) is 11.7 Å². The van der Waals surface area contributed by atoms with E-state index in [2.05, 4.69) is 15.6 Å². The van der Waals surface area contributed by atoms with Crippen LogP contribution in [0.2, 0.25) is 0 Å². The zero-order valence-electron chi connectivity index (χ0n) is 10.2. The fourth-order valence-electron chi connectivity index (χ4n) is 1.57. The van der Waals surface area contributed by atoms with Crippen molar-refractivity contribution in [3.05, 3.63) is 45.2 Å². The first kappa shape index (κ1) is 14.7. The summed E-state index contributed by atoms with van der Waals surface area (Å²) in [5.41, 5.74) is -1.63. The van der Waals surface area contributed by atoms with Crippen molar-refractivity contribution in [1.29, 1.82) is 5.26 Å². The zero-order valence-corrected chi connectivity index (χ0v) is 11.0. The van der Waals surface area contributed by atoms with E-state index in [0.29, 0.717) is 0 Å². The number of nitrogens with one attached hydrogen (secondary N) is 2. The Balaban J connectivity index is 2.48. The normalized spacial score (nSPS) is 10.7. The molecule has 4 nitrogen and oxygen atoms in total. The SMILES string of the molecule is C#Cc1cc(Nc2s[nH]c(=O)c2C#N)cc(C(F)(F)F)c1. The van der Waals surface area contributed by atoms with Crippen LogP contribution < -0.4 is 10.9 Å². The molecule has 0 unspecified atom stereocenters. The Hall–Kier alpha value is -2.71. The van der Waals surface area contributed by atoms with Crippen molar-refractivity contribution < 1.29 is 13.2 Å². The number of terminal acetylenes is 1. The lowest BCUT2D eigenvalue weighted by Gasteiger charge is -2.11. The van der Waals surface area contributed by atoms with Crippen molar-refractivity contribution in [2.45, 2.75) is 6.18 Å². The summed E-state index contributed by atoms with van der Waals surface area (Å²) in [7, 11) is 0. The Bertz CT molecular complexity index is 821. The van der Waals surface area contributed by atoms with Gasteiger partial charge in [0.1, 0.15) is 11.1 Å². The first-order valence-corrected chi connectivity index (χ1v) is 6.24. The van der Waals surface area contributed by atoms with Gasteiger partial charge in [-0.15, -0.1) is 6.42 Å². The summed E-state index contributed by atoms with van der Waals surface area (Å²) < 4.78 is 40.6. The van der Waals surface area contributed by atoms with E-state index < -0.39 is 17.3 Å². The van der Waals surface area contributed by atoms with E-state index in [9.17, 15) is 18.0 Å². The summed E-state index contributed by atoms with van der Waals surface area (Å²) in [5, 5.41) is 11.6. The number of alkyl halides is 3. The molecule has 106 valence electrons. The summed E-state index contributed by atoms with van der Waals surface area (Å²) in [6, 6.07) is 4.70. The molecule has 1 aromatic heterocycles. The number of halogens is 3. The minimum atomic E-state index is -4.55. The molecule has 0 saturated heterocycles. The quantitative estimate of drug-likeness (QED) is 0.838. The predicted molar refractivity (Wildman–Crippen MR) is 72.3 cm³/mol. The van der Waals surface area contributed by atoms with Crippen LogP contribution in [0.25, 0.3) is 0 Å². The van der Waals surface area contributed by atoms with E-state index in [1.54, 1.807) is 6.07 Å². The standard InChI is InChI=1S/C13H6F3N3OS/c1-2-7-3-8(13(14,15)16)5-9(4-7)18-12-10(6-17)11(20)19-21-12/h1,3-5,18H,(H,19,20). The van der Waals surface area contributed by atoms with Crippen LogP contribution in [0.5, 0.6) is 0 Å². The third-order valence-corrected chi connectivity index (χ3v) is 3.29. The van der Waals surface area contributed by atoms with Crippen molar-refractivity contribution in [2.24, 2.45) is 0 Å². The second-order valence-electron chi connectivity index (χ2n) is 3.92. The fraction of sp³-hybridized carbons (Fsp3) is 0.0769. The molecule has 0 fully saturated rings. The molecule has 0 spiro atoms. The van der Waals surface area contributed by atoms with Crippen molar-refractivity contribution >= 4 is 22.2 Å². The van der Waals surface area contributed by atoms with Crippen LogP contribution in [0.4, 0.5) is 23.9 Å². The number of nitrogens with zero attached hydrogens (tertiary/aromatic N) is 1. The third kappa shape index (κ3) is 3.07. The summed E-state index contributed by atoms with van der Waals surface area (Å²) >= 11 is 0.818. The minimum Gasteiger partial charge on any atom is -0.345 e. The van der Waals surface area contributed by atoms with Crippen LogP contribution in [-0.4, -0.2) is 4.37 Å². The number of rotatable bonds is 2. The number of aromatic amines is 1. The fourth-order valence-corrected chi connectivity index (χ4v) is 2.28. The van der Waals surface area contributed by atoms with Gasteiger partial charge in [-0.3, -0.25) is 9.17 Å². The lowest BCUT2D eigenvalue weighted by atomic mass is 10.1. The van der Waals surface area contributed by atoms with Crippen LogP contribution in [-0.2, 0) is 6.18 Å². The Morgan fingerprint density at radius 1 is 1.33 bits per heavy atom. The maximum atomic E-state index is 12.8. The molecule has 0 saturated carbocycles. The predicted octanol–water partition coefficient (Wildman–Crippen LogP) is 3.05. The first-order chi connectivity index (χ1) is 9.85. The Labute approximate surface area is 121 Å². The van der Waals surface area contributed by atoms with Gasteiger partial charge >= 0.3 is 6.18 Å². The highest BCUT2D eigenvalue weighted by Gasteiger charge is 2.31. The third-order valence-electron chi connectivity index (χ3n) is 2.50. The molecule has 0 aliphatic rings. The van der Waals surface area contributed by atoms with E-state index in [-0.39, 0.29) is 21.8 Å². The molecule has 0 atom stereocenters. The number of hydrogen-bond donors (Lipinski definition) is 2. The molecule has 2 rings (SSSR count). The monoisotopic (exact) mass is 309 g/mol. The molecule has 2 N–H and O–H groups in total. The second kappa shape index (κ2) is 5.35. The maximum absolute atomic E-state index is 12.8. The number of nitriles is 1. The molecule has 8 heteroatoms. The molecular formula is C13H6F3N3OS. The van der Waals surface area contributed by atoms with Gasteiger partial charge in [0.15, 0.2) is 5.56 Å². The van der Waals surface area contributed by atoms with Gasteiger partial charge in [-0.25, -0.2) is 0 Å². The van der Waals surface area contributed by atoms with Crippen molar-refractivity contribution in [2.75, 3.05) is 5.32 Å². The zero-order chi connectivity index (χ0) is 15.6. The van der Waals surface area contributed by atoms with Gasteiger partial charge in [-0.1, -0.05) is 5.92 Å². The average molecular weight is 309 g/mol. The van der Waals surface area contributed by atoms with Gasteiger partial charge in [0, 0.05) is 11.3 Å². The molecule has 1 heterocycles. The first-order valence-electron chi connectivity index (χ1n) is 5.42. The molecule has 0 amide bonds. The van der Waals surface area contributed by atoms with E-state index in [1.165, 1.54) is 6.07 Å². The molecule has 0 bridgehead atoms. The van der Waals surface area contributed by atoms with Gasteiger partial charge in [0.05, 0.1) is 5.56 Å². The van der Waals surface area contributed by atoms with Crippen molar-refractivity contribution in [3.8, 4) is 18.4 Å². The van der Waals surface area contributed by atoms with E-state index in [0.717, 1.165) is 23.7 Å². The van der Waals surface area contributed by atoms with Crippen LogP contribution in [0.3, 0.4) is 0 Å². The van der Waals surface area contributed by atoms with Crippen LogP contribution >= 0.6 is 11.5 Å². The van der Waals surface area contributed by atoms with Gasteiger partial charge in [0.2, 0.25) is 0 Å². The van der Waals surface area contributed by atoms with Crippen LogP contribution in [0.1, 0.15) is 16.7 Å².